The van der Waals surface area contributed by atoms with Crippen molar-refractivity contribution >= 4 is 22.4 Å². The molecule has 0 atom stereocenters. The Morgan fingerprint density at radius 1 is 1.16 bits per heavy atom. The Morgan fingerprint density at radius 2 is 1.88 bits per heavy atom. The maximum atomic E-state index is 13.5. The van der Waals surface area contributed by atoms with E-state index in [9.17, 15) is 4.79 Å². The third kappa shape index (κ3) is 5.49. The molecule has 0 spiro atoms. The topological polar surface area (TPSA) is 52.6 Å². The average molecular weight is 456 g/mol. The van der Waals surface area contributed by atoms with Crippen molar-refractivity contribution in [3.05, 3.63) is 41.2 Å². The number of nitrogens with zero attached hydrogens (tertiary/aromatic N) is 5. The van der Waals surface area contributed by atoms with Gasteiger partial charge in [0, 0.05) is 50.0 Å². The molecule has 4 rings (SSSR count). The fourth-order valence-corrected chi connectivity index (χ4v) is 5.83. The van der Waals surface area contributed by atoms with Crippen molar-refractivity contribution in [2.24, 2.45) is 11.3 Å². The molecular formula is C25H37N5OS. The van der Waals surface area contributed by atoms with E-state index >= 15 is 0 Å². The van der Waals surface area contributed by atoms with E-state index in [0.717, 1.165) is 55.8 Å². The first-order valence-electron chi connectivity index (χ1n) is 11.9. The zero-order chi connectivity index (χ0) is 22.7. The Bertz CT molecular complexity index is 877. The highest BCUT2D eigenvalue weighted by Gasteiger charge is 2.34. The van der Waals surface area contributed by atoms with Gasteiger partial charge in [-0.05, 0) is 56.2 Å². The van der Waals surface area contributed by atoms with Crippen LogP contribution in [0.15, 0.2) is 29.9 Å². The van der Waals surface area contributed by atoms with Crippen LogP contribution in [-0.2, 0) is 6.54 Å². The first kappa shape index (κ1) is 23.2. The van der Waals surface area contributed by atoms with Gasteiger partial charge in [-0.15, -0.1) is 11.3 Å². The molecule has 0 bridgehead atoms. The van der Waals surface area contributed by atoms with E-state index in [1.807, 2.05) is 12.1 Å². The molecule has 2 aliphatic rings. The number of aromatic nitrogens is 2. The second-order valence-corrected chi connectivity index (χ2v) is 11.3. The Labute approximate surface area is 196 Å². The van der Waals surface area contributed by atoms with Gasteiger partial charge in [0.2, 0.25) is 0 Å². The molecule has 0 radical (unpaired) electrons. The molecule has 2 aromatic rings. The number of likely N-dealkylation sites (N-methyl/N-ethyl adjacent to an activating group) is 1. The van der Waals surface area contributed by atoms with E-state index in [1.165, 1.54) is 12.8 Å². The molecule has 1 saturated heterocycles. The van der Waals surface area contributed by atoms with Crippen molar-refractivity contribution in [2.75, 3.05) is 38.1 Å². The van der Waals surface area contributed by atoms with E-state index in [2.05, 4.69) is 52.9 Å². The monoisotopic (exact) mass is 455 g/mol. The first-order chi connectivity index (χ1) is 15.3. The average Bonchev–Trinajstić information content (AvgIpc) is 3.26. The van der Waals surface area contributed by atoms with Crippen LogP contribution in [0, 0.1) is 11.3 Å². The number of pyridine rings is 1. The summed E-state index contributed by atoms with van der Waals surface area (Å²) in [5.41, 5.74) is 1.99. The summed E-state index contributed by atoms with van der Waals surface area (Å²) < 4.78 is 0. The molecule has 1 saturated carbocycles. The smallest absolute Gasteiger partial charge is 0.256 e. The van der Waals surface area contributed by atoms with Crippen LogP contribution in [0.3, 0.4) is 0 Å². The number of carbonyl (C=O) groups is 1. The van der Waals surface area contributed by atoms with Crippen LogP contribution in [0.5, 0.6) is 0 Å². The van der Waals surface area contributed by atoms with Crippen LogP contribution in [0.1, 0.15) is 62.5 Å². The molecule has 7 heteroatoms. The lowest BCUT2D eigenvalue weighted by molar-refractivity contribution is 0.0527. The van der Waals surface area contributed by atoms with Gasteiger partial charge in [0.1, 0.15) is 0 Å². The summed E-state index contributed by atoms with van der Waals surface area (Å²) in [7, 11) is 2.17. The molecule has 32 heavy (non-hydrogen) atoms. The largest absolute Gasteiger partial charge is 0.346 e. The van der Waals surface area contributed by atoms with E-state index in [0.29, 0.717) is 17.5 Å². The number of rotatable bonds is 5. The molecule has 0 aromatic carbocycles. The van der Waals surface area contributed by atoms with Crippen LogP contribution in [0.4, 0.5) is 5.13 Å². The van der Waals surface area contributed by atoms with Crippen molar-refractivity contribution in [1.29, 1.82) is 0 Å². The van der Waals surface area contributed by atoms with Crippen molar-refractivity contribution in [3.8, 4) is 0 Å². The summed E-state index contributed by atoms with van der Waals surface area (Å²) >= 11 is 1.70. The van der Waals surface area contributed by atoms with Gasteiger partial charge in [-0.2, -0.15) is 0 Å². The summed E-state index contributed by atoms with van der Waals surface area (Å²) in [6.07, 6.45) is 7.88. The molecule has 2 fully saturated rings. The lowest BCUT2D eigenvalue weighted by Crippen LogP contribution is -2.44. The fourth-order valence-electron chi connectivity index (χ4n) is 4.96. The van der Waals surface area contributed by atoms with Gasteiger partial charge in [0.15, 0.2) is 5.13 Å². The molecule has 3 heterocycles. The van der Waals surface area contributed by atoms with Crippen LogP contribution in [0.25, 0.3) is 0 Å². The van der Waals surface area contributed by atoms with Crippen LogP contribution in [0.2, 0.25) is 0 Å². The molecular weight excluding hydrogens is 418 g/mol. The van der Waals surface area contributed by atoms with Gasteiger partial charge in [0.25, 0.3) is 5.91 Å². The van der Waals surface area contributed by atoms with Gasteiger partial charge < -0.3 is 14.7 Å². The summed E-state index contributed by atoms with van der Waals surface area (Å²) in [5.74, 6) is 0.795. The standard InChI is InChI=1S/C25H37N5OS/c1-25(2,3)20-7-9-22(10-8-20)30(23(31)19-6-5-11-26-16-19)17-21-18-32-24(27-21)29-14-12-28(4)13-15-29/h5-6,11,16,18,20,22H,7-10,12-15,17H2,1-4H3. The Morgan fingerprint density at radius 3 is 2.50 bits per heavy atom. The lowest BCUT2D eigenvalue weighted by atomic mass is 9.71. The van der Waals surface area contributed by atoms with Crippen molar-refractivity contribution in [2.45, 2.75) is 59.0 Å². The van der Waals surface area contributed by atoms with Gasteiger partial charge in [-0.3, -0.25) is 9.78 Å². The van der Waals surface area contributed by atoms with Gasteiger partial charge >= 0.3 is 0 Å². The number of amides is 1. The first-order valence-corrected chi connectivity index (χ1v) is 12.8. The quantitative estimate of drug-likeness (QED) is 0.663. The van der Waals surface area contributed by atoms with Crippen LogP contribution < -0.4 is 4.90 Å². The molecule has 1 aliphatic carbocycles. The Balaban J connectivity index is 1.49. The Hall–Kier alpha value is -1.99. The minimum atomic E-state index is 0.0754. The van der Waals surface area contributed by atoms with Crippen LogP contribution >= 0.6 is 11.3 Å². The van der Waals surface area contributed by atoms with Crippen molar-refractivity contribution in [3.63, 3.8) is 0 Å². The highest BCUT2D eigenvalue weighted by molar-refractivity contribution is 7.13. The van der Waals surface area contributed by atoms with E-state index < -0.39 is 0 Å². The molecule has 0 N–H and O–H groups in total. The van der Waals surface area contributed by atoms with Gasteiger partial charge in [0.05, 0.1) is 17.8 Å². The normalized spacial score (nSPS) is 22.7. The fraction of sp³-hybridized carbons (Fsp3) is 0.640. The zero-order valence-electron chi connectivity index (χ0n) is 20.0. The number of carbonyl (C=O) groups excluding carboxylic acids is 1. The minimum Gasteiger partial charge on any atom is -0.346 e. The molecule has 1 amide bonds. The second-order valence-electron chi connectivity index (χ2n) is 10.5. The summed E-state index contributed by atoms with van der Waals surface area (Å²) in [6, 6.07) is 3.98. The molecule has 174 valence electrons. The summed E-state index contributed by atoms with van der Waals surface area (Å²) in [6.45, 7) is 11.7. The number of anilines is 1. The zero-order valence-corrected chi connectivity index (χ0v) is 20.8. The van der Waals surface area contributed by atoms with Crippen molar-refractivity contribution in [1.82, 2.24) is 19.8 Å². The SMILES string of the molecule is CN1CCN(c2nc(CN(C(=O)c3cccnc3)C3CCC(C(C)(C)C)CC3)cs2)CC1. The minimum absolute atomic E-state index is 0.0754. The van der Waals surface area contributed by atoms with E-state index in [-0.39, 0.29) is 11.9 Å². The van der Waals surface area contributed by atoms with E-state index in [4.69, 9.17) is 4.98 Å². The number of hydrogen-bond donors (Lipinski definition) is 0. The van der Waals surface area contributed by atoms with Gasteiger partial charge in [-0.25, -0.2) is 4.98 Å². The highest BCUT2D eigenvalue weighted by atomic mass is 32.1. The third-order valence-electron chi connectivity index (χ3n) is 7.18. The predicted octanol–water partition coefficient (Wildman–Crippen LogP) is 4.54. The molecule has 1 aliphatic heterocycles. The second kappa shape index (κ2) is 9.87. The maximum Gasteiger partial charge on any atom is 0.256 e. The predicted molar refractivity (Wildman–Crippen MR) is 131 cm³/mol. The molecule has 2 aromatic heterocycles. The highest BCUT2D eigenvalue weighted by Crippen LogP contribution is 2.39. The summed E-state index contributed by atoms with van der Waals surface area (Å²) in [5, 5.41) is 3.22. The van der Waals surface area contributed by atoms with Gasteiger partial charge in [-0.1, -0.05) is 20.8 Å². The van der Waals surface area contributed by atoms with Crippen LogP contribution in [-0.4, -0.2) is 64.9 Å². The number of hydrogen-bond acceptors (Lipinski definition) is 6. The molecule has 6 nitrogen and oxygen atoms in total. The lowest BCUT2D eigenvalue weighted by Gasteiger charge is -2.41. The third-order valence-corrected chi connectivity index (χ3v) is 8.13. The number of piperazine rings is 1. The maximum absolute atomic E-state index is 13.5. The molecule has 0 unspecified atom stereocenters. The van der Waals surface area contributed by atoms with Crippen molar-refractivity contribution < 1.29 is 4.79 Å². The van der Waals surface area contributed by atoms with E-state index in [1.54, 1.807) is 23.7 Å². The Kier molecular flexibility index (Phi) is 7.15. The summed E-state index contributed by atoms with van der Waals surface area (Å²) in [4.78, 5) is 29.4. The number of thiazole rings is 1.